The van der Waals surface area contributed by atoms with Crippen LogP contribution in [-0.2, 0) is 9.53 Å². The van der Waals surface area contributed by atoms with Crippen LogP contribution in [0.3, 0.4) is 0 Å². The summed E-state index contributed by atoms with van der Waals surface area (Å²) in [6.07, 6.45) is 1.54. The van der Waals surface area contributed by atoms with Crippen molar-refractivity contribution in [3.63, 3.8) is 0 Å². The summed E-state index contributed by atoms with van der Waals surface area (Å²) in [7, 11) is 0. The molecule has 1 unspecified atom stereocenters. The van der Waals surface area contributed by atoms with E-state index in [9.17, 15) is 9.90 Å². The number of amides is 1. The molecule has 0 fully saturated rings. The largest absolute Gasteiger partial charge is 0.498 e. The van der Waals surface area contributed by atoms with Crippen LogP contribution in [0.15, 0.2) is 35.6 Å². The fourth-order valence-electron chi connectivity index (χ4n) is 2.19. The summed E-state index contributed by atoms with van der Waals surface area (Å²) in [5.74, 6) is 0.484. The van der Waals surface area contributed by atoms with Crippen LogP contribution in [0.4, 0.5) is 0 Å². The Labute approximate surface area is 123 Å². The lowest BCUT2D eigenvalue weighted by Crippen LogP contribution is -2.33. The molecule has 0 saturated carbocycles. The van der Waals surface area contributed by atoms with E-state index in [1.807, 2.05) is 0 Å². The standard InChI is InChI=1S/C15H18ClNO3/c1-10-13(3-2-8-20-10)15(19)17-14(9-18)11-4-6-12(16)7-5-11/h4-7,14,18H,2-3,8-9H2,1H3,(H,17,19). The van der Waals surface area contributed by atoms with Gasteiger partial charge in [-0.2, -0.15) is 0 Å². The van der Waals surface area contributed by atoms with Crippen molar-refractivity contribution in [3.8, 4) is 0 Å². The number of allylic oxidation sites excluding steroid dienone is 1. The maximum absolute atomic E-state index is 12.2. The summed E-state index contributed by atoms with van der Waals surface area (Å²) < 4.78 is 5.39. The molecule has 0 radical (unpaired) electrons. The zero-order valence-corrected chi connectivity index (χ0v) is 12.1. The summed E-state index contributed by atoms with van der Waals surface area (Å²) >= 11 is 5.83. The predicted molar refractivity (Wildman–Crippen MR) is 77.3 cm³/mol. The van der Waals surface area contributed by atoms with Crippen LogP contribution in [0.25, 0.3) is 0 Å². The van der Waals surface area contributed by atoms with E-state index in [4.69, 9.17) is 16.3 Å². The quantitative estimate of drug-likeness (QED) is 0.897. The first-order chi connectivity index (χ1) is 9.61. The third-order valence-electron chi connectivity index (χ3n) is 3.35. The molecule has 4 nitrogen and oxygen atoms in total. The monoisotopic (exact) mass is 295 g/mol. The lowest BCUT2D eigenvalue weighted by atomic mass is 10.0. The first-order valence-electron chi connectivity index (χ1n) is 6.61. The molecular formula is C15H18ClNO3. The van der Waals surface area contributed by atoms with Gasteiger partial charge in [0.25, 0.3) is 5.91 Å². The zero-order chi connectivity index (χ0) is 14.5. The maximum Gasteiger partial charge on any atom is 0.251 e. The number of halogens is 1. The number of carbonyl (C=O) groups excluding carboxylic acids is 1. The van der Waals surface area contributed by atoms with Crippen molar-refractivity contribution < 1.29 is 14.6 Å². The molecule has 0 spiro atoms. The van der Waals surface area contributed by atoms with Gasteiger partial charge in [0, 0.05) is 5.02 Å². The number of benzene rings is 1. The Morgan fingerprint density at radius 1 is 1.45 bits per heavy atom. The average Bonchev–Trinajstić information content (AvgIpc) is 2.46. The highest BCUT2D eigenvalue weighted by atomic mass is 35.5. The number of hydrogen-bond donors (Lipinski definition) is 2. The van der Waals surface area contributed by atoms with E-state index in [1.165, 1.54) is 0 Å². The zero-order valence-electron chi connectivity index (χ0n) is 11.4. The van der Waals surface area contributed by atoms with E-state index in [-0.39, 0.29) is 12.5 Å². The molecule has 1 atom stereocenters. The van der Waals surface area contributed by atoms with Crippen molar-refractivity contribution in [3.05, 3.63) is 46.2 Å². The average molecular weight is 296 g/mol. The van der Waals surface area contributed by atoms with Crippen molar-refractivity contribution in [2.24, 2.45) is 0 Å². The number of ether oxygens (including phenoxy) is 1. The van der Waals surface area contributed by atoms with Gasteiger partial charge in [-0.1, -0.05) is 23.7 Å². The molecule has 1 aliphatic heterocycles. The number of carbonyl (C=O) groups is 1. The minimum Gasteiger partial charge on any atom is -0.498 e. The molecule has 2 rings (SSSR count). The van der Waals surface area contributed by atoms with Crippen LogP contribution in [0.5, 0.6) is 0 Å². The van der Waals surface area contributed by atoms with Crippen molar-refractivity contribution in [1.29, 1.82) is 0 Å². The summed E-state index contributed by atoms with van der Waals surface area (Å²) in [6, 6.07) is 6.62. The van der Waals surface area contributed by atoms with Crippen molar-refractivity contribution in [2.75, 3.05) is 13.2 Å². The van der Waals surface area contributed by atoms with E-state index < -0.39 is 6.04 Å². The smallest absolute Gasteiger partial charge is 0.251 e. The second-order valence-electron chi connectivity index (χ2n) is 4.75. The van der Waals surface area contributed by atoms with Gasteiger partial charge in [-0.15, -0.1) is 0 Å². The third kappa shape index (κ3) is 3.52. The molecule has 1 aromatic carbocycles. The van der Waals surface area contributed by atoms with E-state index in [1.54, 1.807) is 31.2 Å². The van der Waals surface area contributed by atoms with E-state index in [0.717, 1.165) is 12.0 Å². The van der Waals surface area contributed by atoms with Crippen LogP contribution in [0, 0.1) is 0 Å². The second kappa shape index (κ2) is 6.77. The molecule has 20 heavy (non-hydrogen) atoms. The molecule has 1 aromatic rings. The topological polar surface area (TPSA) is 58.6 Å². The Morgan fingerprint density at radius 2 is 2.15 bits per heavy atom. The van der Waals surface area contributed by atoms with Gasteiger partial charge >= 0.3 is 0 Å². The summed E-state index contributed by atoms with van der Waals surface area (Å²) in [5.41, 5.74) is 1.48. The Kier molecular flexibility index (Phi) is 5.04. The van der Waals surface area contributed by atoms with Crippen LogP contribution >= 0.6 is 11.6 Å². The number of nitrogens with one attached hydrogen (secondary N) is 1. The van der Waals surface area contributed by atoms with Gasteiger partial charge < -0.3 is 15.2 Å². The molecule has 0 bridgehead atoms. The van der Waals surface area contributed by atoms with Gasteiger partial charge in [-0.05, 0) is 37.5 Å². The minimum atomic E-state index is -0.443. The van der Waals surface area contributed by atoms with Gasteiger partial charge in [-0.3, -0.25) is 4.79 Å². The lowest BCUT2D eigenvalue weighted by molar-refractivity contribution is -0.119. The molecular weight excluding hydrogens is 278 g/mol. The van der Waals surface area contributed by atoms with Crippen molar-refractivity contribution >= 4 is 17.5 Å². The van der Waals surface area contributed by atoms with E-state index in [2.05, 4.69) is 5.32 Å². The Morgan fingerprint density at radius 3 is 2.75 bits per heavy atom. The number of hydrogen-bond acceptors (Lipinski definition) is 3. The number of aliphatic hydroxyl groups excluding tert-OH is 1. The first kappa shape index (κ1) is 14.9. The summed E-state index contributed by atoms with van der Waals surface area (Å²) in [6.45, 7) is 2.29. The lowest BCUT2D eigenvalue weighted by Gasteiger charge is -2.22. The first-order valence-corrected chi connectivity index (χ1v) is 6.99. The van der Waals surface area contributed by atoms with Gasteiger partial charge in [0.2, 0.25) is 0 Å². The Balaban J connectivity index is 2.10. The fraction of sp³-hybridized carbons (Fsp3) is 0.400. The van der Waals surface area contributed by atoms with E-state index >= 15 is 0 Å². The molecule has 0 saturated heterocycles. The highest BCUT2D eigenvalue weighted by molar-refractivity contribution is 6.30. The molecule has 1 amide bonds. The third-order valence-corrected chi connectivity index (χ3v) is 3.60. The van der Waals surface area contributed by atoms with Crippen LogP contribution < -0.4 is 5.32 Å². The van der Waals surface area contributed by atoms with Crippen molar-refractivity contribution in [1.82, 2.24) is 5.32 Å². The Bertz CT molecular complexity index is 510. The second-order valence-corrected chi connectivity index (χ2v) is 5.18. The number of aliphatic hydroxyl groups is 1. The predicted octanol–water partition coefficient (Wildman–Crippen LogP) is 2.57. The van der Waals surface area contributed by atoms with Crippen LogP contribution in [0.1, 0.15) is 31.4 Å². The molecule has 0 aromatic heterocycles. The SMILES string of the molecule is CC1=C(C(=O)NC(CO)c2ccc(Cl)cc2)CCCO1. The van der Waals surface area contributed by atoms with Crippen LogP contribution in [-0.4, -0.2) is 24.2 Å². The van der Waals surface area contributed by atoms with Gasteiger partial charge in [0.05, 0.1) is 24.8 Å². The molecule has 0 aliphatic carbocycles. The Hall–Kier alpha value is -1.52. The van der Waals surface area contributed by atoms with Crippen molar-refractivity contribution in [2.45, 2.75) is 25.8 Å². The maximum atomic E-state index is 12.2. The highest BCUT2D eigenvalue weighted by Crippen LogP contribution is 2.21. The summed E-state index contributed by atoms with van der Waals surface area (Å²) in [4.78, 5) is 12.2. The normalized spacial score (nSPS) is 16.6. The highest BCUT2D eigenvalue weighted by Gasteiger charge is 2.21. The molecule has 1 heterocycles. The fourth-order valence-corrected chi connectivity index (χ4v) is 2.31. The van der Waals surface area contributed by atoms with Crippen LogP contribution in [0.2, 0.25) is 5.02 Å². The molecule has 2 N–H and O–H groups in total. The molecule has 5 heteroatoms. The van der Waals surface area contributed by atoms with E-state index in [0.29, 0.717) is 29.4 Å². The van der Waals surface area contributed by atoms with Gasteiger partial charge in [0.1, 0.15) is 5.76 Å². The van der Waals surface area contributed by atoms with Gasteiger partial charge in [-0.25, -0.2) is 0 Å². The molecule has 1 aliphatic rings. The molecule has 108 valence electrons. The summed E-state index contributed by atoms with van der Waals surface area (Å²) in [5, 5.41) is 12.9. The number of rotatable bonds is 4. The minimum absolute atomic E-state index is 0.166. The van der Waals surface area contributed by atoms with Gasteiger partial charge in [0.15, 0.2) is 0 Å².